The van der Waals surface area contributed by atoms with E-state index in [1.807, 2.05) is 12.1 Å². The minimum Gasteiger partial charge on any atom is -0.326 e. The normalized spacial score (nSPS) is 14.9. The Morgan fingerprint density at radius 3 is 2.32 bits per heavy atom. The summed E-state index contributed by atoms with van der Waals surface area (Å²) in [6.45, 7) is 9.43. The van der Waals surface area contributed by atoms with Crippen molar-refractivity contribution in [2.45, 2.75) is 58.7 Å². The highest BCUT2D eigenvalue weighted by Crippen LogP contribution is 2.29. The highest BCUT2D eigenvalue weighted by atomic mass is 19.1. The molecule has 0 aliphatic carbocycles. The van der Waals surface area contributed by atoms with Gasteiger partial charge >= 0.3 is 0 Å². The van der Waals surface area contributed by atoms with Crippen LogP contribution in [-0.2, 0) is 0 Å². The molecule has 108 valence electrons. The van der Waals surface area contributed by atoms with Gasteiger partial charge in [-0.1, -0.05) is 32.0 Å². The van der Waals surface area contributed by atoms with Gasteiger partial charge in [0.25, 0.3) is 0 Å². The molecular formula is C16H27FN2. The average Bonchev–Trinajstić information content (AvgIpc) is 2.39. The third-order valence-electron chi connectivity index (χ3n) is 3.60. The number of nitrogens with zero attached hydrogens (tertiary/aromatic N) is 1. The molecule has 0 aliphatic rings. The minimum atomic E-state index is -0.154. The molecule has 2 N–H and O–H groups in total. The Balaban J connectivity index is 3.17. The summed E-state index contributed by atoms with van der Waals surface area (Å²) in [6, 6.07) is 7.25. The van der Waals surface area contributed by atoms with Gasteiger partial charge in [0.1, 0.15) is 5.82 Å². The van der Waals surface area contributed by atoms with Crippen molar-refractivity contribution < 1.29 is 4.39 Å². The van der Waals surface area contributed by atoms with Gasteiger partial charge < -0.3 is 5.73 Å². The molecule has 3 heteroatoms. The van der Waals surface area contributed by atoms with E-state index in [0.29, 0.717) is 6.04 Å². The van der Waals surface area contributed by atoms with Crippen LogP contribution in [-0.4, -0.2) is 23.5 Å². The summed E-state index contributed by atoms with van der Waals surface area (Å²) >= 11 is 0. The Bertz CT molecular complexity index is 379. The van der Waals surface area contributed by atoms with Crippen LogP contribution >= 0.6 is 0 Å². The molecule has 1 aromatic carbocycles. The minimum absolute atomic E-state index is 0.0499. The molecule has 0 saturated heterocycles. The first-order chi connectivity index (χ1) is 9.02. The van der Waals surface area contributed by atoms with Crippen molar-refractivity contribution in [3.63, 3.8) is 0 Å². The summed E-state index contributed by atoms with van der Waals surface area (Å²) < 4.78 is 14.1. The SMILES string of the molecule is CCCN(C(C)C)C(c1ccccc1F)C(N)CC. The molecule has 1 rings (SSSR count). The molecule has 2 unspecified atom stereocenters. The number of hydrogen-bond acceptors (Lipinski definition) is 2. The van der Waals surface area contributed by atoms with Gasteiger partial charge in [-0.2, -0.15) is 0 Å². The maximum absolute atomic E-state index is 14.1. The van der Waals surface area contributed by atoms with Crippen molar-refractivity contribution in [2.75, 3.05) is 6.54 Å². The molecule has 1 aromatic rings. The van der Waals surface area contributed by atoms with E-state index in [-0.39, 0.29) is 17.9 Å². The van der Waals surface area contributed by atoms with Crippen LogP contribution in [0.4, 0.5) is 4.39 Å². The van der Waals surface area contributed by atoms with E-state index in [2.05, 4.69) is 32.6 Å². The average molecular weight is 266 g/mol. The lowest BCUT2D eigenvalue weighted by Gasteiger charge is -2.38. The fourth-order valence-electron chi connectivity index (χ4n) is 2.57. The zero-order chi connectivity index (χ0) is 14.4. The summed E-state index contributed by atoms with van der Waals surface area (Å²) in [6.07, 6.45) is 1.88. The van der Waals surface area contributed by atoms with Crippen LogP contribution in [0.15, 0.2) is 24.3 Å². The van der Waals surface area contributed by atoms with Crippen molar-refractivity contribution in [3.05, 3.63) is 35.6 Å². The zero-order valence-electron chi connectivity index (χ0n) is 12.6. The predicted molar refractivity (Wildman–Crippen MR) is 79.5 cm³/mol. The molecule has 0 bridgehead atoms. The van der Waals surface area contributed by atoms with Gasteiger partial charge in [0.05, 0.1) is 6.04 Å². The van der Waals surface area contributed by atoms with Crippen molar-refractivity contribution in [1.29, 1.82) is 0 Å². The number of nitrogens with two attached hydrogens (primary N) is 1. The van der Waals surface area contributed by atoms with Crippen LogP contribution in [0.3, 0.4) is 0 Å². The lowest BCUT2D eigenvalue weighted by atomic mass is 9.94. The van der Waals surface area contributed by atoms with E-state index in [0.717, 1.165) is 24.9 Å². The second kappa shape index (κ2) is 7.61. The molecule has 0 fully saturated rings. The smallest absolute Gasteiger partial charge is 0.128 e. The summed E-state index contributed by atoms with van der Waals surface area (Å²) in [7, 11) is 0. The van der Waals surface area contributed by atoms with Crippen molar-refractivity contribution in [1.82, 2.24) is 4.90 Å². The molecule has 19 heavy (non-hydrogen) atoms. The maximum Gasteiger partial charge on any atom is 0.128 e. The second-order valence-electron chi connectivity index (χ2n) is 5.37. The molecule has 0 spiro atoms. The Morgan fingerprint density at radius 1 is 1.21 bits per heavy atom. The van der Waals surface area contributed by atoms with Crippen molar-refractivity contribution >= 4 is 0 Å². The summed E-state index contributed by atoms with van der Waals surface area (Å²) in [4.78, 5) is 2.31. The topological polar surface area (TPSA) is 29.3 Å². The van der Waals surface area contributed by atoms with Crippen LogP contribution in [0.1, 0.15) is 52.1 Å². The van der Waals surface area contributed by atoms with Gasteiger partial charge in [0.2, 0.25) is 0 Å². The Hall–Kier alpha value is -0.930. The fourth-order valence-corrected chi connectivity index (χ4v) is 2.57. The molecule has 0 aromatic heterocycles. The molecule has 0 amide bonds. The number of halogens is 1. The first kappa shape index (κ1) is 16.1. The fraction of sp³-hybridized carbons (Fsp3) is 0.625. The van der Waals surface area contributed by atoms with E-state index in [4.69, 9.17) is 5.73 Å². The summed E-state index contributed by atoms with van der Waals surface area (Å²) in [5.41, 5.74) is 7.00. The van der Waals surface area contributed by atoms with Crippen LogP contribution in [0, 0.1) is 5.82 Å². The Kier molecular flexibility index (Phi) is 6.46. The van der Waals surface area contributed by atoms with E-state index in [1.165, 1.54) is 6.07 Å². The quantitative estimate of drug-likeness (QED) is 0.815. The molecular weight excluding hydrogens is 239 g/mol. The lowest BCUT2D eigenvalue weighted by Crippen LogP contribution is -2.45. The van der Waals surface area contributed by atoms with Gasteiger partial charge in [-0.05, 0) is 39.3 Å². The van der Waals surface area contributed by atoms with E-state index >= 15 is 0 Å². The van der Waals surface area contributed by atoms with Gasteiger partial charge in [-0.3, -0.25) is 4.90 Å². The van der Waals surface area contributed by atoms with Crippen LogP contribution in [0.5, 0.6) is 0 Å². The molecule has 0 heterocycles. The molecule has 2 nitrogen and oxygen atoms in total. The van der Waals surface area contributed by atoms with E-state index in [9.17, 15) is 4.39 Å². The van der Waals surface area contributed by atoms with Crippen molar-refractivity contribution in [2.24, 2.45) is 5.73 Å². The molecule has 0 saturated carbocycles. The van der Waals surface area contributed by atoms with Gasteiger partial charge in [0, 0.05) is 17.6 Å². The second-order valence-corrected chi connectivity index (χ2v) is 5.37. The predicted octanol–water partition coefficient (Wildman–Crippen LogP) is 3.72. The van der Waals surface area contributed by atoms with Crippen LogP contribution < -0.4 is 5.73 Å². The largest absolute Gasteiger partial charge is 0.326 e. The zero-order valence-corrected chi connectivity index (χ0v) is 12.6. The highest BCUT2D eigenvalue weighted by molar-refractivity contribution is 5.23. The molecule has 2 atom stereocenters. The lowest BCUT2D eigenvalue weighted by molar-refractivity contribution is 0.127. The standard InChI is InChI=1S/C16H27FN2/c1-5-11-19(12(3)4)16(15(18)6-2)13-9-7-8-10-14(13)17/h7-10,12,15-16H,5-6,11,18H2,1-4H3. The Morgan fingerprint density at radius 2 is 1.84 bits per heavy atom. The first-order valence-electron chi connectivity index (χ1n) is 7.28. The van der Waals surface area contributed by atoms with E-state index in [1.54, 1.807) is 6.07 Å². The maximum atomic E-state index is 14.1. The highest BCUT2D eigenvalue weighted by Gasteiger charge is 2.28. The number of rotatable bonds is 7. The molecule has 0 aliphatic heterocycles. The third-order valence-corrected chi connectivity index (χ3v) is 3.60. The summed E-state index contributed by atoms with van der Waals surface area (Å²) in [5, 5.41) is 0. The Labute approximate surface area is 116 Å². The van der Waals surface area contributed by atoms with Crippen LogP contribution in [0.25, 0.3) is 0 Å². The first-order valence-corrected chi connectivity index (χ1v) is 7.28. The third kappa shape index (κ3) is 4.02. The molecule has 0 radical (unpaired) electrons. The van der Waals surface area contributed by atoms with Crippen LogP contribution in [0.2, 0.25) is 0 Å². The van der Waals surface area contributed by atoms with Gasteiger partial charge in [-0.25, -0.2) is 4.39 Å². The van der Waals surface area contributed by atoms with Gasteiger partial charge in [-0.15, -0.1) is 0 Å². The van der Waals surface area contributed by atoms with Crippen molar-refractivity contribution in [3.8, 4) is 0 Å². The number of hydrogen-bond donors (Lipinski definition) is 1. The monoisotopic (exact) mass is 266 g/mol. The summed E-state index contributed by atoms with van der Waals surface area (Å²) in [5.74, 6) is -0.154. The van der Waals surface area contributed by atoms with E-state index < -0.39 is 0 Å². The van der Waals surface area contributed by atoms with Gasteiger partial charge in [0.15, 0.2) is 0 Å². The number of benzene rings is 1.